The third-order valence-electron chi connectivity index (χ3n) is 7.52. The highest BCUT2D eigenvalue weighted by molar-refractivity contribution is 5.90. The monoisotopic (exact) mass is 528 g/mol. The number of rotatable bonds is 20. The van der Waals surface area contributed by atoms with Crippen LogP contribution < -0.4 is 0 Å². The molecule has 6 unspecified atom stereocenters. The van der Waals surface area contributed by atoms with Gasteiger partial charge in [-0.3, -0.25) is 9.59 Å². The maximum Gasteiger partial charge on any atom is 0.339 e. The van der Waals surface area contributed by atoms with Crippen LogP contribution in [0.15, 0.2) is 0 Å². The van der Waals surface area contributed by atoms with Crippen molar-refractivity contribution < 1.29 is 33.7 Å². The minimum atomic E-state index is -2.34. The number of hydrogen-bond donors (Lipinski definition) is 1. The second-order valence-electron chi connectivity index (χ2n) is 11.5. The molecule has 37 heavy (non-hydrogen) atoms. The summed E-state index contributed by atoms with van der Waals surface area (Å²) in [6.45, 7) is 18.1. The van der Waals surface area contributed by atoms with Gasteiger partial charge in [-0.15, -0.1) is 0 Å². The molecule has 6 atom stereocenters. The lowest BCUT2D eigenvalue weighted by Crippen LogP contribution is -2.46. The fourth-order valence-corrected chi connectivity index (χ4v) is 3.86. The number of hydrogen-bond acceptors (Lipinski definition) is 7. The van der Waals surface area contributed by atoms with Crippen molar-refractivity contribution in [3.8, 4) is 0 Å². The molecule has 7 nitrogen and oxygen atoms in total. The summed E-state index contributed by atoms with van der Waals surface area (Å²) in [5, 5.41) is 11.3. The summed E-state index contributed by atoms with van der Waals surface area (Å²) in [7, 11) is 0. The van der Waals surface area contributed by atoms with Gasteiger partial charge in [0.05, 0.1) is 31.2 Å². The highest BCUT2D eigenvalue weighted by Crippen LogP contribution is 2.24. The molecule has 0 spiro atoms. The fraction of sp³-hybridized carbons (Fsp3) is 0.900. The summed E-state index contributed by atoms with van der Waals surface area (Å²) < 4.78 is 16.4. The maximum atomic E-state index is 13.1. The molecule has 0 aliphatic carbocycles. The fourth-order valence-electron chi connectivity index (χ4n) is 3.86. The van der Waals surface area contributed by atoms with Crippen LogP contribution in [0.2, 0.25) is 0 Å². The van der Waals surface area contributed by atoms with Crippen molar-refractivity contribution >= 4 is 17.9 Å². The van der Waals surface area contributed by atoms with Crippen molar-refractivity contribution in [2.45, 2.75) is 157 Å². The summed E-state index contributed by atoms with van der Waals surface area (Å²) >= 11 is 0. The molecule has 7 heteroatoms. The molecular weight excluding hydrogens is 472 g/mol. The van der Waals surface area contributed by atoms with Crippen LogP contribution in [-0.2, 0) is 28.6 Å². The first-order chi connectivity index (χ1) is 17.3. The molecule has 0 bridgehead atoms. The van der Waals surface area contributed by atoms with Gasteiger partial charge in [-0.05, 0) is 77.0 Å². The van der Waals surface area contributed by atoms with Crippen LogP contribution in [0.5, 0.6) is 0 Å². The Balaban J connectivity index is 5.30. The van der Waals surface area contributed by atoms with Crippen molar-refractivity contribution in [3.63, 3.8) is 0 Å². The zero-order valence-corrected chi connectivity index (χ0v) is 25.1. The van der Waals surface area contributed by atoms with Gasteiger partial charge in [-0.25, -0.2) is 4.79 Å². The van der Waals surface area contributed by atoms with Crippen molar-refractivity contribution in [1.29, 1.82) is 0 Å². The first-order valence-corrected chi connectivity index (χ1v) is 14.6. The molecule has 0 saturated heterocycles. The Morgan fingerprint density at radius 2 is 0.865 bits per heavy atom. The Morgan fingerprint density at radius 3 is 1.16 bits per heavy atom. The Kier molecular flexibility index (Phi) is 17.8. The minimum absolute atomic E-state index is 0.358. The molecule has 0 rings (SSSR count). The highest BCUT2D eigenvalue weighted by Gasteiger charge is 2.44. The van der Waals surface area contributed by atoms with Gasteiger partial charge in [-0.2, -0.15) is 0 Å². The van der Waals surface area contributed by atoms with Crippen LogP contribution in [0.3, 0.4) is 0 Å². The Morgan fingerprint density at radius 1 is 0.568 bits per heavy atom. The molecule has 0 aromatic rings. The summed E-state index contributed by atoms with van der Waals surface area (Å²) in [6.07, 6.45) is 5.31. The standard InChI is InChI=1S/C30H56O7/c1-10-21(4)13-16-24(7)35-27(31)19-30(34,29(33)37-26(9)18-15-23(6)12-3)20-28(32)36-25(8)17-14-22(5)11-2/h21-26,34H,10-20H2,1-9H3. The van der Waals surface area contributed by atoms with E-state index in [1.165, 1.54) is 0 Å². The van der Waals surface area contributed by atoms with Crippen LogP contribution in [0.25, 0.3) is 0 Å². The lowest BCUT2D eigenvalue weighted by Gasteiger charge is -2.28. The molecule has 0 aliphatic heterocycles. The van der Waals surface area contributed by atoms with Crippen LogP contribution in [-0.4, -0.2) is 46.9 Å². The van der Waals surface area contributed by atoms with Crippen molar-refractivity contribution in [3.05, 3.63) is 0 Å². The Bertz CT molecular complexity index is 626. The first-order valence-electron chi connectivity index (χ1n) is 14.6. The minimum Gasteiger partial charge on any atom is -0.463 e. The number of aliphatic hydroxyl groups is 1. The second-order valence-corrected chi connectivity index (χ2v) is 11.5. The molecular formula is C30H56O7. The van der Waals surface area contributed by atoms with Gasteiger partial charge in [0.2, 0.25) is 0 Å². The Labute approximate surface area is 226 Å². The number of esters is 3. The molecule has 0 fully saturated rings. The summed E-state index contributed by atoms with van der Waals surface area (Å²) in [5.74, 6) is -0.942. The van der Waals surface area contributed by atoms with Gasteiger partial charge >= 0.3 is 17.9 Å². The van der Waals surface area contributed by atoms with Crippen LogP contribution in [0, 0.1) is 17.8 Å². The third kappa shape index (κ3) is 16.0. The van der Waals surface area contributed by atoms with Crippen molar-refractivity contribution in [2.24, 2.45) is 17.8 Å². The summed E-state index contributed by atoms with van der Waals surface area (Å²) in [4.78, 5) is 38.5. The van der Waals surface area contributed by atoms with E-state index >= 15 is 0 Å². The average Bonchev–Trinajstić information content (AvgIpc) is 2.83. The van der Waals surface area contributed by atoms with E-state index in [4.69, 9.17) is 14.2 Å². The maximum absolute atomic E-state index is 13.1. The molecule has 0 aromatic carbocycles. The molecule has 0 aromatic heterocycles. The molecule has 0 radical (unpaired) electrons. The van der Waals surface area contributed by atoms with Crippen molar-refractivity contribution in [1.82, 2.24) is 0 Å². The van der Waals surface area contributed by atoms with E-state index in [0.29, 0.717) is 37.0 Å². The van der Waals surface area contributed by atoms with Crippen LogP contribution >= 0.6 is 0 Å². The topological polar surface area (TPSA) is 99.1 Å². The summed E-state index contributed by atoms with van der Waals surface area (Å²) in [6, 6.07) is 0. The van der Waals surface area contributed by atoms with Gasteiger partial charge < -0.3 is 19.3 Å². The highest BCUT2D eigenvalue weighted by atomic mass is 16.6. The van der Waals surface area contributed by atoms with E-state index < -0.39 is 42.5 Å². The van der Waals surface area contributed by atoms with Gasteiger partial charge in [0.1, 0.15) is 0 Å². The first kappa shape index (κ1) is 35.4. The van der Waals surface area contributed by atoms with E-state index in [2.05, 4.69) is 41.5 Å². The normalized spacial score (nSPS) is 18.0. The van der Waals surface area contributed by atoms with E-state index in [1.54, 1.807) is 20.8 Å². The smallest absolute Gasteiger partial charge is 0.339 e. The molecule has 0 saturated carbocycles. The van der Waals surface area contributed by atoms with Gasteiger partial charge in [0.25, 0.3) is 0 Å². The van der Waals surface area contributed by atoms with Crippen LogP contribution in [0.1, 0.15) is 133 Å². The number of ether oxygens (including phenoxy) is 3. The Hall–Kier alpha value is -1.63. The molecule has 218 valence electrons. The number of carbonyl (C=O) groups excluding carboxylic acids is 3. The predicted molar refractivity (Wildman–Crippen MR) is 147 cm³/mol. The quantitative estimate of drug-likeness (QED) is 0.137. The third-order valence-corrected chi connectivity index (χ3v) is 7.52. The van der Waals surface area contributed by atoms with Crippen LogP contribution in [0.4, 0.5) is 0 Å². The SMILES string of the molecule is CCC(C)CCC(C)OC(=O)CC(O)(CC(=O)OC(C)CCC(C)CC)C(=O)OC(C)CCC(C)CC. The predicted octanol–water partition coefficient (Wildman–Crippen LogP) is 6.77. The van der Waals surface area contributed by atoms with Gasteiger partial charge in [0, 0.05) is 0 Å². The van der Waals surface area contributed by atoms with E-state index in [-0.39, 0.29) is 12.2 Å². The lowest BCUT2D eigenvalue weighted by molar-refractivity contribution is -0.183. The second kappa shape index (κ2) is 18.6. The molecule has 1 N–H and O–H groups in total. The average molecular weight is 529 g/mol. The van der Waals surface area contributed by atoms with E-state index in [0.717, 1.165) is 38.5 Å². The number of carbonyl (C=O) groups is 3. The van der Waals surface area contributed by atoms with E-state index in [9.17, 15) is 19.5 Å². The van der Waals surface area contributed by atoms with Gasteiger partial charge in [-0.1, -0.05) is 60.8 Å². The van der Waals surface area contributed by atoms with E-state index in [1.807, 2.05) is 0 Å². The van der Waals surface area contributed by atoms with Gasteiger partial charge in [0.15, 0.2) is 5.60 Å². The molecule has 0 aliphatic rings. The molecule has 0 heterocycles. The van der Waals surface area contributed by atoms with Crippen molar-refractivity contribution in [2.75, 3.05) is 0 Å². The largest absolute Gasteiger partial charge is 0.463 e. The molecule has 0 amide bonds. The zero-order valence-electron chi connectivity index (χ0n) is 25.1. The lowest BCUT2D eigenvalue weighted by atomic mass is 9.95. The summed E-state index contributed by atoms with van der Waals surface area (Å²) in [5.41, 5.74) is -2.34. The zero-order chi connectivity index (χ0) is 28.6.